The minimum Gasteiger partial charge on any atom is -0.550 e. The van der Waals surface area contributed by atoms with E-state index in [0.29, 0.717) is 12.8 Å². The molecule has 0 heterocycles. The number of carboxylic acid groups (broad SMARTS) is 1. The Morgan fingerprint density at radius 1 is 1.73 bits per heavy atom. The van der Waals surface area contributed by atoms with E-state index < -0.39 is 5.97 Å². The predicted molar refractivity (Wildman–Crippen MR) is 38.2 cm³/mol. The molecule has 0 bridgehead atoms. The van der Waals surface area contributed by atoms with Crippen molar-refractivity contribution in [2.75, 3.05) is 0 Å². The van der Waals surface area contributed by atoms with Gasteiger partial charge >= 0.3 is 29.6 Å². The van der Waals surface area contributed by atoms with Crippen LogP contribution in [0.5, 0.6) is 0 Å². The summed E-state index contributed by atoms with van der Waals surface area (Å²) < 4.78 is 0. The van der Waals surface area contributed by atoms with Crippen LogP contribution in [0.3, 0.4) is 0 Å². The van der Waals surface area contributed by atoms with Crippen LogP contribution in [0.1, 0.15) is 26.2 Å². The van der Waals surface area contributed by atoms with Crippen LogP contribution in [-0.4, -0.2) is 5.97 Å². The van der Waals surface area contributed by atoms with Crippen molar-refractivity contribution >= 4 is 5.97 Å². The molecular weight excluding hydrogens is 151 g/mol. The van der Waals surface area contributed by atoms with Gasteiger partial charge in [-0.2, -0.15) is 0 Å². The van der Waals surface area contributed by atoms with Gasteiger partial charge in [0.05, 0.1) is 0 Å². The number of hydrogen-bond acceptors (Lipinski definition) is 2. The number of allylic oxidation sites excluding steroid dienone is 1. The van der Waals surface area contributed by atoms with Crippen LogP contribution in [0, 0.1) is 5.92 Å². The van der Waals surface area contributed by atoms with E-state index in [1.807, 2.05) is 6.92 Å². The summed E-state index contributed by atoms with van der Waals surface area (Å²) in [6, 6.07) is 0. The molecule has 0 fully saturated rings. The predicted octanol–water partition coefficient (Wildman–Crippen LogP) is -2.27. The number of carboxylic acids is 1. The topological polar surface area (TPSA) is 40.1 Å². The van der Waals surface area contributed by atoms with Crippen LogP contribution >= 0.6 is 0 Å². The van der Waals surface area contributed by atoms with Crippen molar-refractivity contribution in [2.45, 2.75) is 26.2 Å². The Kier molecular flexibility index (Phi) is 10.4. The first kappa shape index (κ1) is 13.8. The maximum atomic E-state index is 10.3. The molecule has 1 atom stereocenters. The zero-order valence-electron chi connectivity index (χ0n) is 7.30. The van der Waals surface area contributed by atoms with Crippen molar-refractivity contribution in [1.82, 2.24) is 0 Å². The van der Waals surface area contributed by atoms with Gasteiger partial charge in [0.1, 0.15) is 0 Å². The van der Waals surface area contributed by atoms with Crippen LogP contribution in [0.25, 0.3) is 0 Å². The fourth-order valence-corrected chi connectivity index (χ4v) is 0.882. The molecule has 0 aliphatic rings. The molecule has 0 aromatic heterocycles. The molecule has 0 amide bonds. The van der Waals surface area contributed by atoms with Gasteiger partial charge in [0.25, 0.3) is 0 Å². The second-order valence-electron chi connectivity index (χ2n) is 2.33. The molecule has 0 aromatic rings. The Morgan fingerprint density at radius 3 is 2.55 bits per heavy atom. The van der Waals surface area contributed by atoms with E-state index in [0.717, 1.165) is 6.42 Å². The van der Waals surface area contributed by atoms with Crippen molar-refractivity contribution in [3.05, 3.63) is 12.7 Å². The number of carbonyl (C=O) groups excluding carboxylic acids is 1. The number of aliphatic carboxylic acids is 1. The fraction of sp³-hybridized carbons (Fsp3) is 0.625. The van der Waals surface area contributed by atoms with E-state index in [1.54, 1.807) is 6.08 Å². The quantitative estimate of drug-likeness (QED) is 0.339. The van der Waals surface area contributed by atoms with Gasteiger partial charge in [-0.3, -0.25) is 0 Å². The molecule has 0 aromatic carbocycles. The summed E-state index contributed by atoms with van der Waals surface area (Å²) in [4.78, 5) is 10.3. The molecule has 3 heteroatoms. The molecule has 0 aliphatic carbocycles. The van der Waals surface area contributed by atoms with Gasteiger partial charge in [0.2, 0.25) is 0 Å². The smallest absolute Gasteiger partial charge is 0.550 e. The molecule has 0 unspecified atom stereocenters. The molecule has 0 rings (SSSR count). The van der Waals surface area contributed by atoms with E-state index in [4.69, 9.17) is 0 Å². The molecule has 0 N–H and O–H groups in total. The third-order valence-corrected chi connectivity index (χ3v) is 1.42. The Hall–Kier alpha value is 0.210. The van der Waals surface area contributed by atoms with E-state index >= 15 is 0 Å². The van der Waals surface area contributed by atoms with E-state index in [-0.39, 0.29) is 35.5 Å². The maximum absolute atomic E-state index is 10.3. The van der Waals surface area contributed by atoms with E-state index in [2.05, 4.69) is 6.58 Å². The van der Waals surface area contributed by atoms with Gasteiger partial charge < -0.3 is 9.90 Å². The zero-order chi connectivity index (χ0) is 7.98. The van der Waals surface area contributed by atoms with Crippen LogP contribution in [0.15, 0.2) is 12.7 Å². The number of hydrogen-bond donors (Lipinski definition) is 0. The molecule has 58 valence electrons. The first-order valence-electron chi connectivity index (χ1n) is 3.54. The van der Waals surface area contributed by atoms with Crippen molar-refractivity contribution in [1.29, 1.82) is 0 Å². The first-order valence-corrected chi connectivity index (χ1v) is 3.54. The summed E-state index contributed by atoms with van der Waals surface area (Å²) in [5.41, 5.74) is 0. The first-order chi connectivity index (χ1) is 4.72. The van der Waals surface area contributed by atoms with E-state index in [9.17, 15) is 9.90 Å². The minimum atomic E-state index is -0.957. The molecule has 0 saturated carbocycles. The van der Waals surface area contributed by atoms with Crippen LogP contribution in [0.4, 0.5) is 0 Å². The third kappa shape index (κ3) is 6.60. The summed E-state index contributed by atoms with van der Waals surface area (Å²) in [5.74, 6) is -1.29. The van der Waals surface area contributed by atoms with Crippen molar-refractivity contribution in [2.24, 2.45) is 5.92 Å². The summed E-state index contributed by atoms with van der Waals surface area (Å²) in [5, 5.41) is 10.3. The molecule has 2 nitrogen and oxygen atoms in total. The van der Waals surface area contributed by atoms with Gasteiger partial charge in [-0.05, 0) is 12.8 Å². The van der Waals surface area contributed by atoms with Gasteiger partial charge in [-0.25, -0.2) is 0 Å². The number of carbonyl (C=O) groups is 1. The Labute approximate surface area is 90.0 Å². The second-order valence-corrected chi connectivity index (χ2v) is 2.33. The Balaban J connectivity index is 0. The second kappa shape index (κ2) is 8.31. The SMILES string of the molecule is C=CC[C@H](CCC)C(=O)[O-].[Na+]. The average Bonchev–Trinajstić information content (AvgIpc) is 1.87. The third-order valence-electron chi connectivity index (χ3n) is 1.42. The Bertz CT molecular complexity index is 123. The normalized spacial score (nSPS) is 11.4. The standard InChI is InChI=1S/C8H14O2.Na/c1-3-5-7(6-4-2)8(9)10;/h3,7H,1,4-6H2,2H3,(H,9,10);/q;+1/p-1/t7-;/m1./s1. The van der Waals surface area contributed by atoms with Crippen molar-refractivity contribution in [3.8, 4) is 0 Å². The average molecular weight is 164 g/mol. The summed E-state index contributed by atoms with van der Waals surface area (Å²) in [7, 11) is 0. The monoisotopic (exact) mass is 164 g/mol. The van der Waals surface area contributed by atoms with Gasteiger partial charge in [-0.1, -0.05) is 19.4 Å². The maximum Gasteiger partial charge on any atom is 1.00 e. The van der Waals surface area contributed by atoms with E-state index in [1.165, 1.54) is 0 Å². The van der Waals surface area contributed by atoms with Crippen LogP contribution in [-0.2, 0) is 4.79 Å². The molecule has 11 heavy (non-hydrogen) atoms. The summed E-state index contributed by atoms with van der Waals surface area (Å²) in [6.07, 6.45) is 3.72. The molecule has 0 aliphatic heterocycles. The van der Waals surface area contributed by atoms with Crippen LogP contribution in [0.2, 0.25) is 0 Å². The van der Waals surface area contributed by atoms with Crippen molar-refractivity contribution < 1.29 is 39.5 Å². The molecular formula is C8H13NaO2. The largest absolute Gasteiger partial charge is 1.00 e. The molecule has 0 spiro atoms. The van der Waals surface area contributed by atoms with Crippen molar-refractivity contribution in [3.63, 3.8) is 0 Å². The number of rotatable bonds is 5. The summed E-state index contributed by atoms with van der Waals surface area (Å²) in [6.45, 7) is 5.43. The van der Waals surface area contributed by atoms with Gasteiger partial charge in [0, 0.05) is 11.9 Å². The van der Waals surface area contributed by atoms with Gasteiger partial charge in [0.15, 0.2) is 0 Å². The fourth-order valence-electron chi connectivity index (χ4n) is 0.882. The zero-order valence-corrected chi connectivity index (χ0v) is 9.30. The van der Waals surface area contributed by atoms with Gasteiger partial charge in [-0.15, -0.1) is 6.58 Å². The molecule has 0 radical (unpaired) electrons. The summed E-state index contributed by atoms with van der Waals surface area (Å²) >= 11 is 0. The minimum absolute atomic E-state index is 0. The van der Waals surface area contributed by atoms with Crippen LogP contribution < -0.4 is 34.7 Å². The molecule has 0 saturated heterocycles. The Morgan fingerprint density at radius 2 is 2.27 bits per heavy atom.